The van der Waals surface area contributed by atoms with Crippen LogP contribution in [0.15, 0.2) is 48.5 Å². The minimum atomic E-state index is -0.333. The number of nitrogens with zero attached hydrogens (tertiary/aromatic N) is 1. The van der Waals surface area contributed by atoms with E-state index in [-0.39, 0.29) is 23.8 Å². The van der Waals surface area contributed by atoms with E-state index in [2.05, 4.69) is 12.2 Å². The molecule has 1 saturated heterocycles. The predicted molar refractivity (Wildman–Crippen MR) is 115 cm³/mol. The molecule has 0 saturated carbocycles. The molecular weight excluding hydrogens is 364 g/mol. The van der Waals surface area contributed by atoms with E-state index in [1.54, 1.807) is 7.11 Å². The van der Waals surface area contributed by atoms with E-state index >= 15 is 0 Å². The molecule has 1 fully saturated rings. The van der Waals surface area contributed by atoms with E-state index in [9.17, 15) is 9.59 Å². The first-order valence-corrected chi connectivity index (χ1v) is 10.4. The maximum Gasteiger partial charge on any atom is 0.229 e. The van der Waals surface area contributed by atoms with Crippen LogP contribution in [0.1, 0.15) is 49.8 Å². The lowest BCUT2D eigenvalue weighted by Crippen LogP contribution is -2.47. The first-order chi connectivity index (χ1) is 14.1. The SMILES string of the molecule is CCCCN1C(=O)CC[C@H](C(=O)Nc2ccccc2C)[C@H]1c1ccccc1OC. The van der Waals surface area contributed by atoms with Crippen molar-refractivity contribution in [2.24, 2.45) is 5.92 Å². The number of unbranched alkanes of at least 4 members (excludes halogenated alkanes) is 1. The van der Waals surface area contributed by atoms with E-state index < -0.39 is 0 Å². The average molecular weight is 395 g/mol. The summed E-state index contributed by atoms with van der Waals surface area (Å²) in [5.41, 5.74) is 2.72. The number of hydrogen-bond acceptors (Lipinski definition) is 3. The third kappa shape index (κ3) is 4.61. The summed E-state index contributed by atoms with van der Waals surface area (Å²) in [4.78, 5) is 28.0. The van der Waals surface area contributed by atoms with Crippen LogP contribution in [0.3, 0.4) is 0 Å². The number of benzene rings is 2. The number of para-hydroxylation sites is 2. The monoisotopic (exact) mass is 394 g/mol. The Bertz CT molecular complexity index is 865. The Hall–Kier alpha value is -2.82. The molecule has 1 N–H and O–H groups in total. The number of likely N-dealkylation sites (tertiary alicyclic amines) is 1. The average Bonchev–Trinajstić information content (AvgIpc) is 2.74. The fourth-order valence-corrected chi connectivity index (χ4v) is 4.05. The highest BCUT2D eigenvalue weighted by Gasteiger charge is 2.41. The number of anilines is 1. The maximum atomic E-state index is 13.3. The van der Waals surface area contributed by atoms with E-state index in [4.69, 9.17) is 4.74 Å². The highest BCUT2D eigenvalue weighted by molar-refractivity contribution is 5.95. The Labute approximate surface area is 173 Å². The smallest absolute Gasteiger partial charge is 0.229 e. The molecule has 2 aromatic carbocycles. The van der Waals surface area contributed by atoms with Crippen molar-refractivity contribution in [1.82, 2.24) is 4.90 Å². The van der Waals surface area contributed by atoms with Crippen LogP contribution in [0.25, 0.3) is 0 Å². The minimum absolute atomic E-state index is 0.0517. The molecule has 0 bridgehead atoms. The summed E-state index contributed by atoms with van der Waals surface area (Å²) in [5, 5.41) is 3.09. The number of piperidine rings is 1. The molecule has 154 valence electrons. The molecule has 0 unspecified atom stereocenters. The van der Waals surface area contributed by atoms with Crippen LogP contribution < -0.4 is 10.1 Å². The molecule has 0 spiro atoms. The molecule has 1 aliphatic rings. The molecule has 0 aliphatic carbocycles. The summed E-state index contributed by atoms with van der Waals surface area (Å²) < 4.78 is 5.58. The van der Waals surface area contributed by atoms with Crippen LogP contribution in [0.4, 0.5) is 5.69 Å². The van der Waals surface area contributed by atoms with Crippen molar-refractivity contribution >= 4 is 17.5 Å². The van der Waals surface area contributed by atoms with Gasteiger partial charge in [0.05, 0.1) is 19.1 Å². The summed E-state index contributed by atoms with van der Waals surface area (Å²) in [5.74, 6) is 0.432. The van der Waals surface area contributed by atoms with Gasteiger partial charge in [0.2, 0.25) is 11.8 Å². The zero-order chi connectivity index (χ0) is 20.8. The van der Waals surface area contributed by atoms with E-state index in [1.165, 1.54) is 0 Å². The molecule has 2 amide bonds. The molecule has 1 heterocycles. The van der Waals surface area contributed by atoms with E-state index in [1.807, 2.05) is 60.4 Å². The second-order valence-electron chi connectivity index (χ2n) is 7.58. The number of carbonyl (C=O) groups excluding carboxylic acids is 2. The fraction of sp³-hybridized carbons (Fsp3) is 0.417. The highest BCUT2D eigenvalue weighted by atomic mass is 16.5. The van der Waals surface area contributed by atoms with Gasteiger partial charge in [-0.3, -0.25) is 9.59 Å². The van der Waals surface area contributed by atoms with Gasteiger partial charge in [-0.05, 0) is 37.5 Å². The van der Waals surface area contributed by atoms with Crippen molar-refractivity contribution < 1.29 is 14.3 Å². The lowest BCUT2D eigenvalue weighted by Gasteiger charge is -2.41. The summed E-state index contributed by atoms with van der Waals surface area (Å²) in [7, 11) is 1.63. The number of rotatable bonds is 7. The number of aryl methyl sites for hydroxylation is 1. The number of ether oxygens (including phenoxy) is 1. The van der Waals surface area contributed by atoms with Gasteiger partial charge in [-0.2, -0.15) is 0 Å². The second kappa shape index (κ2) is 9.59. The van der Waals surface area contributed by atoms with Gasteiger partial charge in [0.1, 0.15) is 5.75 Å². The number of nitrogens with one attached hydrogen (secondary N) is 1. The summed E-state index contributed by atoms with van der Waals surface area (Å²) in [6, 6.07) is 15.1. The Morgan fingerprint density at radius 2 is 1.90 bits per heavy atom. The van der Waals surface area contributed by atoms with Crippen LogP contribution in [0.2, 0.25) is 0 Å². The number of hydrogen-bond donors (Lipinski definition) is 1. The molecule has 5 nitrogen and oxygen atoms in total. The second-order valence-corrected chi connectivity index (χ2v) is 7.58. The zero-order valence-electron chi connectivity index (χ0n) is 17.5. The normalized spacial score (nSPS) is 19.1. The highest BCUT2D eigenvalue weighted by Crippen LogP contribution is 2.41. The van der Waals surface area contributed by atoms with Crippen molar-refractivity contribution in [3.63, 3.8) is 0 Å². The molecular formula is C24H30N2O3. The van der Waals surface area contributed by atoms with Gasteiger partial charge in [-0.1, -0.05) is 49.7 Å². The first-order valence-electron chi connectivity index (χ1n) is 10.4. The van der Waals surface area contributed by atoms with Crippen LogP contribution in [0.5, 0.6) is 5.75 Å². The van der Waals surface area contributed by atoms with Gasteiger partial charge in [0.25, 0.3) is 0 Å². The maximum absolute atomic E-state index is 13.3. The molecule has 1 aliphatic heterocycles. The van der Waals surface area contributed by atoms with Crippen molar-refractivity contribution in [3.05, 3.63) is 59.7 Å². The Balaban J connectivity index is 1.97. The lowest BCUT2D eigenvalue weighted by molar-refractivity contribution is -0.142. The molecule has 2 atom stereocenters. The van der Waals surface area contributed by atoms with Crippen LogP contribution in [-0.2, 0) is 9.59 Å². The quantitative estimate of drug-likeness (QED) is 0.739. The molecule has 0 radical (unpaired) electrons. The number of carbonyl (C=O) groups is 2. The molecule has 3 rings (SSSR count). The van der Waals surface area contributed by atoms with E-state index in [0.717, 1.165) is 29.7 Å². The summed E-state index contributed by atoms with van der Waals surface area (Å²) >= 11 is 0. The minimum Gasteiger partial charge on any atom is -0.496 e. The predicted octanol–water partition coefficient (Wildman–Crippen LogP) is 4.72. The number of methoxy groups -OCH3 is 1. The molecule has 5 heteroatoms. The fourth-order valence-electron chi connectivity index (χ4n) is 4.05. The Morgan fingerprint density at radius 3 is 2.62 bits per heavy atom. The Kier molecular flexibility index (Phi) is 6.91. The van der Waals surface area contributed by atoms with Gasteiger partial charge >= 0.3 is 0 Å². The van der Waals surface area contributed by atoms with Crippen LogP contribution in [0, 0.1) is 12.8 Å². The van der Waals surface area contributed by atoms with Gasteiger partial charge < -0.3 is 15.0 Å². The summed E-state index contributed by atoms with van der Waals surface area (Å²) in [6.07, 6.45) is 2.81. The van der Waals surface area contributed by atoms with Gasteiger partial charge in [-0.25, -0.2) is 0 Å². The van der Waals surface area contributed by atoms with Gasteiger partial charge in [0, 0.05) is 24.2 Å². The lowest BCUT2D eigenvalue weighted by atomic mass is 9.83. The Morgan fingerprint density at radius 1 is 1.17 bits per heavy atom. The topological polar surface area (TPSA) is 58.6 Å². The number of amides is 2. The van der Waals surface area contributed by atoms with Crippen LogP contribution >= 0.6 is 0 Å². The standard InChI is InChI=1S/C24H30N2O3/c1-4-5-16-26-22(27)15-14-19(23(26)18-11-7-9-13-21(18)29-3)24(28)25-20-12-8-6-10-17(20)2/h6-13,19,23H,4-5,14-16H2,1-3H3,(H,25,28)/t19-,23+/m0/s1. The van der Waals surface area contributed by atoms with Gasteiger partial charge in [0.15, 0.2) is 0 Å². The van der Waals surface area contributed by atoms with Crippen molar-refractivity contribution in [1.29, 1.82) is 0 Å². The molecule has 0 aromatic heterocycles. The van der Waals surface area contributed by atoms with Gasteiger partial charge in [-0.15, -0.1) is 0 Å². The molecule has 2 aromatic rings. The summed E-state index contributed by atoms with van der Waals surface area (Å²) in [6.45, 7) is 4.73. The first kappa shape index (κ1) is 20.9. The third-order valence-corrected chi connectivity index (χ3v) is 5.66. The van der Waals surface area contributed by atoms with E-state index in [0.29, 0.717) is 25.1 Å². The zero-order valence-corrected chi connectivity index (χ0v) is 17.5. The van der Waals surface area contributed by atoms with Crippen molar-refractivity contribution in [2.45, 2.75) is 45.6 Å². The van der Waals surface area contributed by atoms with Crippen LogP contribution in [-0.4, -0.2) is 30.4 Å². The third-order valence-electron chi connectivity index (χ3n) is 5.66. The molecule has 29 heavy (non-hydrogen) atoms. The van der Waals surface area contributed by atoms with Crippen molar-refractivity contribution in [2.75, 3.05) is 19.0 Å². The largest absolute Gasteiger partial charge is 0.496 e. The van der Waals surface area contributed by atoms with Crippen molar-refractivity contribution in [3.8, 4) is 5.75 Å².